The SMILES string of the molecule is CC1CN(CC(=O)Nc2ccc(OCCN3CCN(c4cccc5[nH]c(-c6ccc(C(C)(C)C)cc6)nc45)CC3)cc2)CC(C)O1. The maximum atomic E-state index is 12.6. The Bertz CT molecular complexity index is 1590. The van der Waals surface area contributed by atoms with Gasteiger partial charge in [0.05, 0.1) is 30.0 Å². The number of hydrogen-bond acceptors (Lipinski definition) is 7. The number of piperazine rings is 1. The number of morpholine rings is 1. The Morgan fingerprint density at radius 2 is 1.63 bits per heavy atom. The maximum Gasteiger partial charge on any atom is 0.238 e. The molecule has 2 unspecified atom stereocenters. The molecule has 4 aromatic rings. The number of amides is 1. The van der Waals surface area contributed by atoms with Gasteiger partial charge in [-0.2, -0.15) is 0 Å². The first-order chi connectivity index (χ1) is 22.1. The van der Waals surface area contributed by atoms with Crippen LogP contribution >= 0.6 is 0 Å². The summed E-state index contributed by atoms with van der Waals surface area (Å²) in [5.41, 5.74) is 6.60. The minimum absolute atomic E-state index is 0.0102. The van der Waals surface area contributed by atoms with E-state index in [0.717, 1.165) is 79.7 Å². The van der Waals surface area contributed by atoms with Gasteiger partial charge in [-0.15, -0.1) is 0 Å². The molecule has 244 valence electrons. The highest BCUT2D eigenvalue weighted by Crippen LogP contribution is 2.30. The smallest absolute Gasteiger partial charge is 0.238 e. The highest BCUT2D eigenvalue weighted by Gasteiger charge is 2.24. The van der Waals surface area contributed by atoms with Crippen molar-refractivity contribution in [3.05, 3.63) is 72.3 Å². The summed E-state index contributed by atoms with van der Waals surface area (Å²) >= 11 is 0. The third-order valence-electron chi connectivity index (χ3n) is 8.91. The van der Waals surface area contributed by atoms with Crippen molar-refractivity contribution in [2.45, 2.75) is 52.2 Å². The predicted octanol–water partition coefficient (Wildman–Crippen LogP) is 5.78. The number of H-pyrrole nitrogens is 1. The van der Waals surface area contributed by atoms with Crippen molar-refractivity contribution in [3.8, 4) is 17.1 Å². The normalized spacial score (nSPS) is 19.8. The van der Waals surface area contributed by atoms with Crippen LogP contribution in [0.5, 0.6) is 5.75 Å². The van der Waals surface area contributed by atoms with Crippen LogP contribution < -0.4 is 15.0 Å². The zero-order valence-electron chi connectivity index (χ0n) is 27.9. The number of nitrogens with one attached hydrogen (secondary N) is 2. The third-order valence-corrected chi connectivity index (χ3v) is 8.91. The van der Waals surface area contributed by atoms with Crippen LogP contribution in [0.4, 0.5) is 11.4 Å². The third kappa shape index (κ3) is 7.89. The monoisotopic (exact) mass is 624 g/mol. The first-order valence-electron chi connectivity index (χ1n) is 16.6. The number of ether oxygens (including phenoxy) is 2. The molecule has 0 radical (unpaired) electrons. The zero-order valence-corrected chi connectivity index (χ0v) is 27.9. The van der Waals surface area contributed by atoms with Gasteiger partial charge in [0.2, 0.25) is 5.91 Å². The first kappa shape index (κ1) is 32.0. The van der Waals surface area contributed by atoms with Crippen molar-refractivity contribution in [1.82, 2.24) is 19.8 Å². The van der Waals surface area contributed by atoms with E-state index in [0.29, 0.717) is 13.2 Å². The van der Waals surface area contributed by atoms with E-state index in [-0.39, 0.29) is 23.5 Å². The molecule has 2 fully saturated rings. The van der Waals surface area contributed by atoms with E-state index in [1.165, 1.54) is 11.3 Å². The summed E-state index contributed by atoms with van der Waals surface area (Å²) in [7, 11) is 0. The van der Waals surface area contributed by atoms with Crippen molar-refractivity contribution in [1.29, 1.82) is 0 Å². The molecule has 3 heterocycles. The Balaban J connectivity index is 0.960. The number of anilines is 2. The van der Waals surface area contributed by atoms with Gasteiger partial charge >= 0.3 is 0 Å². The molecule has 3 aromatic carbocycles. The van der Waals surface area contributed by atoms with Crippen LogP contribution in [0.3, 0.4) is 0 Å². The number of hydrogen-bond donors (Lipinski definition) is 2. The molecule has 1 aromatic heterocycles. The molecule has 2 saturated heterocycles. The Kier molecular flexibility index (Phi) is 9.63. The van der Waals surface area contributed by atoms with Crippen molar-refractivity contribution in [2.24, 2.45) is 0 Å². The van der Waals surface area contributed by atoms with Crippen LogP contribution in [0.2, 0.25) is 0 Å². The summed E-state index contributed by atoms with van der Waals surface area (Å²) in [6.45, 7) is 18.0. The van der Waals surface area contributed by atoms with Gasteiger partial charge in [-0.05, 0) is 61.2 Å². The van der Waals surface area contributed by atoms with Crippen LogP contribution in [-0.4, -0.2) is 96.8 Å². The van der Waals surface area contributed by atoms with Crippen molar-refractivity contribution in [3.63, 3.8) is 0 Å². The van der Waals surface area contributed by atoms with E-state index in [4.69, 9.17) is 14.5 Å². The molecule has 2 N–H and O–H groups in total. The summed E-state index contributed by atoms with van der Waals surface area (Å²) in [4.78, 5) is 28.2. The molecule has 46 heavy (non-hydrogen) atoms. The lowest BCUT2D eigenvalue weighted by atomic mass is 9.87. The predicted molar refractivity (Wildman–Crippen MR) is 186 cm³/mol. The summed E-state index contributed by atoms with van der Waals surface area (Å²) in [5.74, 6) is 1.71. The van der Waals surface area contributed by atoms with E-state index < -0.39 is 0 Å². The number of rotatable bonds is 9. The lowest BCUT2D eigenvalue weighted by molar-refractivity contribution is -0.121. The largest absolute Gasteiger partial charge is 0.492 e. The fraction of sp³-hybridized carbons (Fsp3) is 0.459. The second-order valence-electron chi connectivity index (χ2n) is 13.8. The highest BCUT2D eigenvalue weighted by atomic mass is 16.5. The lowest BCUT2D eigenvalue weighted by Gasteiger charge is -2.36. The number of benzene rings is 3. The number of para-hydroxylation sites is 1. The summed E-state index contributed by atoms with van der Waals surface area (Å²) in [5, 5.41) is 3.00. The molecule has 0 aliphatic carbocycles. The molecule has 9 nitrogen and oxygen atoms in total. The van der Waals surface area contributed by atoms with Gasteiger partial charge < -0.3 is 24.7 Å². The molecule has 2 aliphatic rings. The fourth-order valence-electron chi connectivity index (χ4n) is 6.49. The Morgan fingerprint density at radius 1 is 0.935 bits per heavy atom. The Hall–Kier alpha value is -3.92. The average molecular weight is 625 g/mol. The standard InChI is InChI=1S/C37H48N6O3/c1-26-23-42(24-27(2)46-26)25-34(44)38-30-13-15-31(16-14-30)45-22-21-41-17-19-43(20-18-41)33-8-6-7-32-35(33)40-36(39-32)28-9-11-29(12-10-28)37(3,4)5/h6-16,26-27H,17-25H2,1-5H3,(H,38,44)(H,39,40). The van der Waals surface area contributed by atoms with E-state index in [2.05, 4.69) is 88.2 Å². The van der Waals surface area contributed by atoms with Crippen molar-refractivity contribution in [2.75, 3.05) is 69.2 Å². The second kappa shape index (κ2) is 13.8. The summed E-state index contributed by atoms with van der Waals surface area (Å²) in [6.07, 6.45) is 0.287. The molecule has 1 amide bonds. The Labute approximate surface area is 272 Å². The van der Waals surface area contributed by atoms with Gasteiger partial charge in [-0.3, -0.25) is 14.6 Å². The fourth-order valence-corrected chi connectivity index (χ4v) is 6.49. The van der Waals surface area contributed by atoms with Crippen LogP contribution in [0.1, 0.15) is 40.2 Å². The highest BCUT2D eigenvalue weighted by molar-refractivity contribution is 5.92. The number of aromatic amines is 1. The summed E-state index contributed by atoms with van der Waals surface area (Å²) < 4.78 is 11.8. The number of fused-ring (bicyclic) bond motifs is 1. The van der Waals surface area contributed by atoms with Gasteiger partial charge in [0.1, 0.15) is 23.7 Å². The van der Waals surface area contributed by atoms with Crippen LogP contribution in [-0.2, 0) is 14.9 Å². The first-order valence-corrected chi connectivity index (χ1v) is 16.6. The quantitative estimate of drug-likeness (QED) is 0.244. The average Bonchev–Trinajstić information content (AvgIpc) is 3.46. The number of carbonyl (C=O) groups excluding carboxylic acids is 1. The zero-order chi connectivity index (χ0) is 32.3. The van der Waals surface area contributed by atoms with Crippen molar-refractivity contribution >= 4 is 28.3 Å². The van der Waals surface area contributed by atoms with Crippen LogP contribution in [0.25, 0.3) is 22.4 Å². The van der Waals surface area contributed by atoms with Gasteiger partial charge in [0.15, 0.2) is 0 Å². The maximum absolute atomic E-state index is 12.6. The van der Waals surface area contributed by atoms with E-state index in [1.54, 1.807) is 0 Å². The number of aromatic nitrogens is 2. The minimum atomic E-state index is -0.0102. The minimum Gasteiger partial charge on any atom is -0.492 e. The van der Waals surface area contributed by atoms with E-state index >= 15 is 0 Å². The topological polar surface area (TPSA) is 86.0 Å². The Morgan fingerprint density at radius 3 is 2.30 bits per heavy atom. The number of carbonyl (C=O) groups is 1. The van der Waals surface area contributed by atoms with E-state index in [1.807, 2.05) is 38.1 Å². The summed E-state index contributed by atoms with van der Waals surface area (Å²) in [6, 6.07) is 22.8. The molecule has 6 rings (SSSR count). The molecule has 2 atom stereocenters. The molecular weight excluding hydrogens is 576 g/mol. The van der Waals surface area contributed by atoms with Gasteiger partial charge in [0, 0.05) is 57.1 Å². The number of imidazole rings is 1. The van der Waals surface area contributed by atoms with Crippen LogP contribution in [0.15, 0.2) is 66.7 Å². The second-order valence-corrected chi connectivity index (χ2v) is 13.8. The van der Waals surface area contributed by atoms with E-state index in [9.17, 15) is 4.79 Å². The van der Waals surface area contributed by atoms with Gasteiger partial charge in [-0.25, -0.2) is 4.98 Å². The molecule has 9 heteroatoms. The molecule has 0 bridgehead atoms. The van der Waals surface area contributed by atoms with Crippen LogP contribution in [0, 0.1) is 0 Å². The van der Waals surface area contributed by atoms with Gasteiger partial charge in [-0.1, -0.05) is 51.1 Å². The van der Waals surface area contributed by atoms with Gasteiger partial charge in [0.25, 0.3) is 0 Å². The number of nitrogens with zero attached hydrogens (tertiary/aromatic N) is 4. The lowest BCUT2D eigenvalue weighted by Crippen LogP contribution is -2.48. The molecule has 2 aliphatic heterocycles. The molecule has 0 spiro atoms. The molecular formula is C37H48N6O3. The molecule has 0 saturated carbocycles. The van der Waals surface area contributed by atoms with Crippen molar-refractivity contribution < 1.29 is 14.3 Å².